The second-order valence-corrected chi connectivity index (χ2v) is 6.18. The SMILES string of the molecule is CCCCCOc1ccc(C(=O)Oc2ccc(Cl)cc2C#N)c(Cl)c1. The van der Waals surface area contributed by atoms with E-state index in [1.165, 1.54) is 12.1 Å². The number of hydrogen-bond acceptors (Lipinski definition) is 4. The highest BCUT2D eigenvalue weighted by Crippen LogP contribution is 2.26. The number of nitriles is 1. The van der Waals surface area contributed by atoms with Crippen LogP contribution in [0.3, 0.4) is 0 Å². The maximum absolute atomic E-state index is 12.3. The van der Waals surface area contributed by atoms with Gasteiger partial charge in [0.15, 0.2) is 0 Å². The first kappa shape index (κ1) is 19.1. The minimum absolute atomic E-state index is 0.132. The molecule has 0 aliphatic heterocycles. The lowest BCUT2D eigenvalue weighted by molar-refractivity contribution is 0.0734. The third-order valence-corrected chi connectivity index (χ3v) is 3.99. The van der Waals surface area contributed by atoms with Crippen LogP contribution < -0.4 is 9.47 Å². The van der Waals surface area contributed by atoms with Gasteiger partial charge in [0.25, 0.3) is 0 Å². The van der Waals surface area contributed by atoms with Crippen LogP contribution in [0.5, 0.6) is 11.5 Å². The minimum atomic E-state index is -0.652. The summed E-state index contributed by atoms with van der Waals surface area (Å²) in [5.41, 5.74) is 0.370. The van der Waals surface area contributed by atoms with Crippen LogP contribution in [0, 0.1) is 11.3 Å². The van der Waals surface area contributed by atoms with Crippen molar-refractivity contribution in [2.75, 3.05) is 6.61 Å². The van der Waals surface area contributed by atoms with Gasteiger partial charge in [-0.05, 0) is 42.8 Å². The normalized spacial score (nSPS) is 10.2. The molecule has 0 aromatic heterocycles. The number of carbonyl (C=O) groups excluding carboxylic acids is 1. The number of rotatable bonds is 7. The summed E-state index contributed by atoms with van der Waals surface area (Å²) >= 11 is 12.0. The molecular weight excluding hydrogens is 361 g/mol. The van der Waals surface area contributed by atoms with E-state index in [4.69, 9.17) is 37.9 Å². The molecule has 6 heteroatoms. The highest BCUT2D eigenvalue weighted by atomic mass is 35.5. The van der Waals surface area contributed by atoms with Crippen LogP contribution in [-0.2, 0) is 0 Å². The van der Waals surface area contributed by atoms with Gasteiger partial charge in [0.05, 0.1) is 22.8 Å². The van der Waals surface area contributed by atoms with Crippen LogP contribution in [0.2, 0.25) is 10.0 Å². The molecule has 0 aliphatic rings. The van der Waals surface area contributed by atoms with Gasteiger partial charge in [-0.25, -0.2) is 4.79 Å². The molecule has 0 spiro atoms. The number of carbonyl (C=O) groups is 1. The Morgan fingerprint density at radius 3 is 2.64 bits per heavy atom. The molecule has 2 aromatic carbocycles. The van der Waals surface area contributed by atoms with E-state index in [2.05, 4.69) is 6.92 Å². The number of esters is 1. The van der Waals surface area contributed by atoms with E-state index in [1.807, 2.05) is 6.07 Å². The number of halogens is 2. The fourth-order valence-electron chi connectivity index (χ4n) is 2.13. The van der Waals surface area contributed by atoms with Crippen molar-refractivity contribution in [1.82, 2.24) is 0 Å². The van der Waals surface area contributed by atoms with Crippen molar-refractivity contribution in [3.05, 3.63) is 57.6 Å². The summed E-state index contributed by atoms with van der Waals surface area (Å²) in [6.45, 7) is 2.72. The van der Waals surface area contributed by atoms with Crippen molar-refractivity contribution in [2.24, 2.45) is 0 Å². The maximum Gasteiger partial charge on any atom is 0.345 e. The fourth-order valence-corrected chi connectivity index (χ4v) is 2.55. The van der Waals surface area contributed by atoms with Crippen molar-refractivity contribution >= 4 is 29.2 Å². The van der Waals surface area contributed by atoms with Crippen LogP contribution in [-0.4, -0.2) is 12.6 Å². The summed E-state index contributed by atoms with van der Waals surface area (Å²) in [5, 5.41) is 9.71. The van der Waals surface area contributed by atoms with Crippen LogP contribution in [0.15, 0.2) is 36.4 Å². The molecule has 0 heterocycles. The summed E-state index contributed by atoms with van der Waals surface area (Å²) in [4.78, 5) is 12.3. The Balaban J connectivity index is 2.08. The van der Waals surface area contributed by atoms with Gasteiger partial charge < -0.3 is 9.47 Å². The average Bonchev–Trinajstić information content (AvgIpc) is 2.60. The molecule has 0 atom stereocenters. The Labute approximate surface area is 156 Å². The molecule has 0 radical (unpaired) electrons. The Morgan fingerprint density at radius 2 is 1.96 bits per heavy atom. The number of nitrogens with zero attached hydrogens (tertiary/aromatic N) is 1. The monoisotopic (exact) mass is 377 g/mol. The second-order valence-electron chi connectivity index (χ2n) is 5.34. The highest BCUT2D eigenvalue weighted by molar-refractivity contribution is 6.33. The van der Waals surface area contributed by atoms with Crippen LogP contribution in [0.4, 0.5) is 0 Å². The molecule has 0 amide bonds. The van der Waals surface area contributed by atoms with Crippen LogP contribution in [0.25, 0.3) is 0 Å². The molecule has 0 saturated heterocycles. The van der Waals surface area contributed by atoms with Crippen LogP contribution >= 0.6 is 23.2 Å². The molecule has 25 heavy (non-hydrogen) atoms. The third kappa shape index (κ3) is 5.38. The van der Waals surface area contributed by atoms with E-state index in [0.717, 1.165) is 19.3 Å². The second kappa shape index (κ2) is 9.31. The standard InChI is InChI=1S/C19H17Cl2NO3/c1-2-3-4-9-24-15-6-7-16(17(21)11-15)19(23)25-18-8-5-14(20)10-13(18)12-22/h5-8,10-11H,2-4,9H2,1H3. The van der Waals surface area contributed by atoms with Gasteiger partial charge in [0.1, 0.15) is 17.6 Å². The van der Waals surface area contributed by atoms with E-state index < -0.39 is 5.97 Å². The summed E-state index contributed by atoms with van der Waals surface area (Å²) < 4.78 is 10.9. The number of unbranched alkanes of at least 4 members (excludes halogenated alkanes) is 2. The van der Waals surface area contributed by atoms with E-state index in [9.17, 15) is 4.79 Å². The molecule has 0 saturated carbocycles. The first-order valence-corrected chi connectivity index (χ1v) is 8.65. The zero-order valence-corrected chi connectivity index (χ0v) is 15.2. The first-order chi connectivity index (χ1) is 12.0. The number of hydrogen-bond donors (Lipinski definition) is 0. The Morgan fingerprint density at radius 1 is 1.16 bits per heavy atom. The van der Waals surface area contributed by atoms with Gasteiger partial charge in [-0.15, -0.1) is 0 Å². The van der Waals surface area contributed by atoms with Crippen molar-refractivity contribution < 1.29 is 14.3 Å². The molecule has 0 N–H and O–H groups in total. The van der Waals surface area contributed by atoms with Crippen LogP contribution in [0.1, 0.15) is 42.1 Å². The number of ether oxygens (including phenoxy) is 2. The van der Waals surface area contributed by atoms with Gasteiger partial charge in [-0.1, -0.05) is 43.0 Å². The van der Waals surface area contributed by atoms with E-state index in [-0.39, 0.29) is 21.9 Å². The lowest BCUT2D eigenvalue weighted by Crippen LogP contribution is -2.10. The summed E-state index contributed by atoms with van der Waals surface area (Å²) in [5.74, 6) is 0.0797. The first-order valence-electron chi connectivity index (χ1n) is 7.89. The predicted molar refractivity (Wildman–Crippen MR) is 97.6 cm³/mol. The summed E-state index contributed by atoms with van der Waals surface area (Å²) in [7, 11) is 0. The molecule has 130 valence electrons. The molecule has 0 fully saturated rings. The Hall–Kier alpha value is -2.22. The highest BCUT2D eigenvalue weighted by Gasteiger charge is 2.16. The lowest BCUT2D eigenvalue weighted by atomic mass is 10.2. The summed E-state index contributed by atoms with van der Waals surface area (Å²) in [6, 6.07) is 11.2. The zero-order chi connectivity index (χ0) is 18.2. The number of benzene rings is 2. The van der Waals surface area contributed by atoms with Crippen molar-refractivity contribution in [2.45, 2.75) is 26.2 Å². The minimum Gasteiger partial charge on any atom is -0.494 e. The van der Waals surface area contributed by atoms with Crippen molar-refractivity contribution in [3.63, 3.8) is 0 Å². The van der Waals surface area contributed by atoms with Gasteiger partial charge in [-0.3, -0.25) is 0 Å². The Kier molecular flexibility index (Phi) is 7.12. The molecule has 2 rings (SSSR count). The van der Waals surface area contributed by atoms with E-state index in [0.29, 0.717) is 17.4 Å². The smallest absolute Gasteiger partial charge is 0.345 e. The molecule has 0 bridgehead atoms. The van der Waals surface area contributed by atoms with Gasteiger partial charge in [-0.2, -0.15) is 5.26 Å². The molecule has 2 aromatic rings. The fraction of sp³-hybridized carbons (Fsp3) is 0.263. The largest absolute Gasteiger partial charge is 0.494 e. The molecule has 0 unspecified atom stereocenters. The average molecular weight is 378 g/mol. The molecule has 4 nitrogen and oxygen atoms in total. The molecule has 0 aliphatic carbocycles. The predicted octanol–water partition coefficient (Wildman–Crippen LogP) is 5.65. The third-order valence-electron chi connectivity index (χ3n) is 3.44. The van der Waals surface area contributed by atoms with E-state index >= 15 is 0 Å². The van der Waals surface area contributed by atoms with Crippen molar-refractivity contribution in [3.8, 4) is 17.6 Å². The quantitative estimate of drug-likeness (QED) is 0.355. The van der Waals surface area contributed by atoms with Gasteiger partial charge >= 0.3 is 5.97 Å². The lowest BCUT2D eigenvalue weighted by Gasteiger charge is -2.10. The Bertz CT molecular complexity index is 800. The zero-order valence-electron chi connectivity index (χ0n) is 13.7. The van der Waals surface area contributed by atoms with Gasteiger partial charge in [0.2, 0.25) is 0 Å². The van der Waals surface area contributed by atoms with E-state index in [1.54, 1.807) is 24.3 Å². The molecular formula is C19H17Cl2NO3. The maximum atomic E-state index is 12.3. The van der Waals surface area contributed by atoms with Crippen molar-refractivity contribution in [1.29, 1.82) is 5.26 Å². The topological polar surface area (TPSA) is 59.3 Å². The van der Waals surface area contributed by atoms with Gasteiger partial charge in [0, 0.05) is 5.02 Å². The summed E-state index contributed by atoms with van der Waals surface area (Å²) in [6.07, 6.45) is 3.18.